The van der Waals surface area contributed by atoms with Crippen LogP contribution in [-0.4, -0.2) is 31.8 Å². The lowest BCUT2D eigenvalue weighted by Crippen LogP contribution is -2.12. The molecule has 28 heavy (non-hydrogen) atoms. The summed E-state index contributed by atoms with van der Waals surface area (Å²) >= 11 is 1.45. The molecule has 0 saturated heterocycles. The minimum atomic E-state index is -0.194. The van der Waals surface area contributed by atoms with Crippen molar-refractivity contribution in [2.45, 2.75) is 26.9 Å². The third kappa shape index (κ3) is 3.72. The van der Waals surface area contributed by atoms with Crippen LogP contribution < -0.4 is 10.1 Å². The first kappa shape index (κ1) is 18.1. The molecule has 1 N–H and O–H groups in total. The molecule has 2 aromatic heterocycles. The van der Waals surface area contributed by atoms with E-state index in [1.807, 2.05) is 57.2 Å². The Balaban J connectivity index is 1.55. The third-order valence-electron chi connectivity index (χ3n) is 3.98. The number of ether oxygens (including phenoxy) is 1. The van der Waals surface area contributed by atoms with Gasteiger partial charge in [0, 0.05) is 16.8 Å². The van der Waals surface area contributed by atoms with E-state index in [2.05, 4.69) is 20.6 Å². The van der Waals surface area contributed by atoms with Crippen molar-refractivity contribution in [3.63, 3.8) is 0 Å². The number of hydrogen-bond acceptors (Lipinski definition) is 6. The van der Waals surface area contributed by atoms with Crippen molar-refractivity contribution in [2.75, 3.05) is 5.32 Å². The molecule has 7 nitrogen and oxygen atoms in total. The van der Waals surface area contributed by atoms with Crippen LogP contribution in [0.15, 0.2) is 48.5 Å². The van der Waals surface area contributed by atoms with Crippen LogP contribution in [0.25, 0.3) is 15.5 Å². The van der Waals surface area contributed by atoms with Crippen molar-refractivity contribution in [3.8, 4) is 16.3 Å². The molecule has 0 bridgehead atoms. The van der Waals surface area contributed by atoms with Gasteiger partial charge < -0.3 is 10.1 Å². The molecule has 0 aliphatic rings. The lowest BCUT2D eigenvalue weighted by molar-refractivity contribution is 0.102. The molecule has 0 radical (unpaired) electrons. The highest BCUT2D eigenvalue weighted by molar-refractivity contribution is 7.19. The largest absolute Gasteiger partial charge is 0.491 e. The van der Waals surface area contributed by atoms with Gasteiger partial charge in [-0.2, -0.15) is 9.61 Å². The predicted molar refractivity (Wildman–Crippen MR) is 109 cm³/mol. The second-order valence-corrected chi connectivity index (χ2v) is 7.53. The molecule has 0 aliphatic carbocycles. The highest BCUT2D eigenvalue weighted by atomic mass is 32.1. The van der Waals surface area contributed by atoms with Crippen molar-refractivity contribution >= 4 is 27.9 Å². The Morgan fingerprint density at radius 1 is 1.14 bits per heavy atom. The third-order valence-corrected chi connectivity index (χ3v) is 4.93. The van der Waals surface area contributed by atoms with Crippen LogP contribution >= 0.6 is 11.3 Å². The fourth-order valence-corrected chi connectivity index (χ4v) is 3.63. The SMILES string of the molecule is Cc1nnc2sc(-c3cccc(NC(=O)c4cccc(OC(C)C)c4)c3)nn12. The van der Waals surface area contributed by atoms with E-state index in [4.69, 9.17) is 4.74 Å². The Morgan fingerprint density at radius 2 is 1.96 bits per heavy atom. The van der Waals surface area contributed by atoms with E-state index in [-0.39, 0.29) is 12.0 Å². The molecule has 0 atom stereocenters. The number of carbonyl (C=O) groups excluding carboxylic acids is 1. The number of hydrogen-bond donors (Lipinski definition) is 1. The normalized spacial score (nSPS) is 11.1. The topological polar surface area (TPSA) is 81.4 Å². The smallest absolute Gasteiger partial charge is 0.255 e. The fraction of sp³-hybridized carbons (Fsp3) is 0.200. The van der Waals surface area contributed by atoms with Crippen molar-refractivity contribution in [3.05, 3.63) is 59.9 Å². The fourth-order valence-electron chi connectivity index (χ4n) is 2.75. The summed E-state index contributed by atoms with van der Waals surface area (Å²) in [5.74, 6) is 1.22. The van der Waals surface area contributed by atoms with Gasteiger partial charge in [-0.3, -0.25) is 4.79 Å². The van der Waals surface area contributed by atoms with Crippen LogP contribution in [0.5, 0.6) is 5.75 Å². The van der Waals surface area contributed by atoms with E-state index in [1.54, 1.807) is 16.6 Å². The Labute approximate surface area is 166 Å². The average Bonchev–Trinajstić information content (AvgIpc) is 3.24. The van der Waals surface area contributed by atoms with Crippen LogP contribution in [0.4, 0.5) is 5.69 Å². The van der Waals surface area contributed by atoms with E-state index in [1.165, 1.54) is 11.3 Å². The van der Waals surface area contributed by atoms with Crippen molar-refractivity contribution in [1.82, 2.24) is 19.8 Å². The Morgan fingerprint density at radius 3 is 2.75 bits per heavy atom. The molecule has 142 valence electrons. The molecule has 0 saturated carbocycles. The highest BCUT2D eigenvalue weighted by Crippen LogP contribution is 2.27. The molecule has 4 aromatic rings. The second kappa shape index (κ2) is 7.40. The number of rotatable bonds is 5. The Bertz CT molecular complexity index is 1150. The van der Waals surface area contributed by atoms with Gasteiger partial charge in [-0.15, -0.1) is 10.2 Å². The molecule has 2 heterocycles. The summed E-state index contributed by atoms with van der Waals surface area (Å²) in [6, 6.07) is 14.7. The number of nitrogens with one attached hydrogen (secondary N) is 1. The zero-order chi connectivity index (χ0) is 19.7. The standard InChI is InChI=1S/C20H19N5O2S/c1-12(2)27-17-9-5-6-14(11-17)18(26)21-16-8-4-7-15(10-16)19-24-25-13(3)22-23-20(25)28-19/h4-12H,1-3H3,(H,21,26). The number of aryl methyl sites for hydroxylation is 1. The minimum absolute atomic E-state index is 0.0493. The number of aromatic nitrogens is 4. The van der Waals surface area contributed by atoms with E-state index in [0.29, 0.717) is 17.0 Å². The van der Waals surface area contributed by atoms with Gasteiger partial charge in [0.05, 0.1) is 6.10 Å². The molecular formula is C20H19N5O2S. The van der Waals surface area contributed by atoms with Gasteiger partial charge in [-0.1, -0.05) is 29.5 Å². The first-order chi connectivity index (χ1) is 13.5. The molecule has 4 rings (SSSR count). The molecule has 0 spiro atoms. The van der Waals surface area contributed by atoms with Crippen molar-refractivity contribution in [1.29, 1.82) is 0 Å². The maximum absolute atomic E-state index is 12.6. The van der Waals surface area contributed by atoms with Crippen LogP contribution in [-0.2, 0) is 0 Å². The average molecular weight is 393 g/mol. The van der Waals surface area contributed by atoms with Gasteiger partial charge in [0.2, 0.25) is 4.96 Å². The highest BCUT2D eigenvalue weighted by Gasteiger charge is 2.12. The van der Waals surface area contributed by atoms with Gasteiger partial charge in [0.15, 0.2) is 5.82 Å². The number of benzene rings is 2. The number of fused-ring (bicyclic) bond motifs is 1. The van der Waals surface area contributed by atoms with E-state index in [9.17, 15) is 4.79 Å². The van der Waals surface area contributed by atoms with E-state index in [0.717, 1.165) is 21.4 Å². The molecule has 0 fully saturated rings. The molecule has 0 aliphatic heterocycles. The number of amides is 1. The van der Waals surface area contributed by atoms with Crippen molar-refractivity contribution in [2.24, 2.45) is 0 Å². The first-order valence-electron chi connectivity index (χ1n) is 8.87. The molecule has 8 heteroatoms. The molecular weight excluding hydrogens is 374 g/mol. The van der Waals surface area contributed by atoms with Crippen LogP contribution in [0.1, 0.15) is 30.0 Å². The summed E-state index contributed by atoms with van der Waals surface area (Å²) in [5.41, 5.74) is 2.14. The van der Waals surface area contributed by atoms with Gasteiger partial charge in [0.25, 0.3) is 5.91 Å². The second-order valence-electron chi connectivity index (χ2n) is 6.58. The zero-order valence-electron chi connectivity index (χ0n) is 15.7. The van der Waals surface area contributed by atoms with E-state index < -0.39 is 0 Å². The van der Waals surface area contributed by atoms with E-state index >= 15 is 0 Å². The monoisotopic (exact) mass is 393 g/mol. The van der Waals surface area contributed by atoms with Crippen molar-refractivity contribution < 1.29 is 9.53 Å². The minimum Gasteiger partial charge on any atom is -0.491 e. The number of carbonyl (C=O) groups is 1. The van der Waals surface area contributed by atoms with Gasteiger partial charge >= 0.3 is 0 Å². The number of anilines is 1. The zero-order valence-corrected chi connectivity index (χ0v) is 16.5. The van der Waals surface area contributed by atoms with Crippen LogP contribution in [0.3, 0.4) is 0 Å². The van der Waals surface area contributed by atoms with Crippen LogP contribution in [0.2, 0.25) is 0 Å². The molecule has 2 aromatic carbocycles. The summed E-state index contributed by atoms with van der Waals surface area (Å²) in [6.07, 6.45) is 0.0493. The maximum atomic E-state index is 12.6. The first-order valence-corrected chi connectivity index (χ1v) is 9.68. The van der Waals surface area contributed by atoms with Gasteiger partial charge in [0.1, 0.15) is 10.8 Å². The summed E-state index contributed by atoms with van der Waals surface area (Å²) in [7, 11) is 0. The van der Waals surface area contributed by atoms with Gasteiger partial charge in [-0.25, -0.2) is 0 Å². The Kier molecular flexibility index (Phi) is 4.79. The van der Waals surface area contributed by atoms with Gasteiger partial charge in [-0.05, 0) is 51.1 Å². The quantitative estimate of drug-likeness (QED) is 0.549. The lowest BCUT2D eigenvalue weighted by Gasteiger charge is -2.11. The van der Waals surface area contributed by atoms with Crippen LogP contribution in [0, 0.1) is 6.92 Å². The predicted octanol–water partition coefficient (Wildman–Crippen LogP) is 4.20. The maximum Gasteiger partial charge on any atom is 0.255 e. The lowest BCUT2D eigenvalue weighted by atomic mass is 10.1. The summed E-state index contributed by atoms with van der Waals surface area (Å²) in [5, 5.41) is 16.4. The molecule has 0 unspecified atom stereocenters. The molecule has 1 amide bonds. The summed E-state index contributed by atoms with van der Waals surface area (Å²) in [4.78, 5) is 13.4. The summed E-state index contributed by atoms with van der Waals surface area (Å²) in [6.45, 7) is 5.76. The number of nitrogens with zero attached hydrogens (tertiary/aromatic N) is 4. The summed E-state index contributed by atoms with van der Waals surface area (Å²) < 4.78 is 7.38. The Hall–Kier alpha value is -3.26.